The van der Waals surface area contributed by atoms with Crippen molar-refractivity contribution >= 4 is 26.0 Å². The Hall–Kier alpha value is -1.57. The molecule has 0 radical (unpaired) electrons. The van der Waals surface area contributed by atoms with E-state index in [1.807, 2.05) is 24.3 Å². The minimum absolute atomic E-state index is 0.206. The highest BCUT2D eigenvalue weighted by molar-refractivity contribution is 9.10. The zero-order chi connectivity index (χ0) is 16.4. The first-order valence-corrected chi connectivity index (χ1v) is 9.31. The third-order valence-electron chi connectivity index (χ3n) is 3.55. The second-order valence-electron chi connectivity index (χ2n) is 5.21. The standard InChI is InChI=1S/C16H16BrNO4S/c1-18(23(19,20)16-9-5-2-6-13(16)17)10-12-11-21-14-7-3-4-8-15(14)22-12/h2-9,12H,10-11H2,1H3/t12-/m1/s1. The van der Waals surface area contributed by atoms with Gasteiger partial charge in [0.05, 0.1) is 11.4 Å². The molecular formula is C16H16BrNO4S. The van der Waals surface area contributed by atoms with Crippen molar-refractivity contribution in [2.24, 2.45) is 0 Å². The zero-order valence-corrected chi connectivity index (χ0v) is 14.9. The number of ether oxygens (including phenoxy) is 2. The van der Waals surface area contributed by atoms with Crippen LogP contribution in [0.4, 0.5) is 0 Å². The normalized spacial score (nSPS) is 17.3. The molecule has 3 rings (SSSR count). The summed E-state index contributed by atoms with van der Waals surface area (Å²) in [6.07, 6.45) is -0.354. The van der Waals surface area contributed by atoms with E-state index < -0.39 is 10.0 Å². The van der Waals surface area contributed by atoms with Crippen molar-refractivity contribution in [3.63, 3.8) is 0 Å². The molecule has 1 aliphatic heterocycles. The topological polar surface area (TPSA) is 55.8 Å². The van der Waals surface area contributed by atoms with Crippen molar-refractivity contribution in [3.8, 4) is 11.5 Å². The van der Waals surface area contributed by atoms with Gasteiger partial charge in [0, 0.05) is 11.5 Å². The van der Waals surface area contributed by atoms with Crippen molar-refractivity contribution in [1.82, 2.24) is 4.31 Å². The summed E-state index contributed by atoms with van der Waals surface area (Å²) >= 11 is 3.29. The lowest BCUT2D eigenvalue weighted by Crippen LogP contribution is -2.41. The highest BCUT2D eigenvalue weighted by atomic mass is 79.9. The molecule has 0 amide bonds. The Labute approximate surface area is 144 Å². The smallest absolute Gasteiger partial charge is 0.244 e. The molecule has 0 aliphatic carbocycles. The highest BCUT2D eigenvalue weighted by Gasteiger charge is 2.29. The molecule has 0 saturated heterocycles. The first-order valence-electron chi connectivity index (χ1n) is 7.08. The van der Waals surface area contributed by atoms with Crippen molar-refractivity contribution in [2.75, 3.05) is 20.2 Å². The number of hydrogen-bond donors (Lipinski definition) is 0. The van der Waals surface area contributed by atoms with E-state index in [1.165, 1.54) is 4.31 Å². The molecule has 0 spiro atoms. The summed E-state index contributed by atoms with van der Waals surface area (Å²) in [5.41, 5.74) is 0. The van der Waals surface area contributed by atoms with Crippen LogP contribution >= 0.6 is 15.9 Å². The Balaban J connectivity index is 1.75. The summed E-state index contributed by atoms with van der Waals surface area (Å²) < 4.78 is 38.6. The molecule has 5 nitrogen and oxygen atoms in total. The molecular weight excluding hydrogens is 382 g/mol. The summed E-state index contributed by atoms with van der Waals surface area (Å²) in [6, 6.07) is 14.1. The zero-order valence-electron chi connectivity index (χ0n) is 12.5. The van der Waals surface area contributed by atoms with Crippen LogP contribution in [0, 0.1) is 0 Å². The van der Waals surface area contributed by atoms with Crippen LogP contribution in [0.2, 0.25) is 0 Å². The Morgan fingerprint density at radius 1 is 1.13 bits per heavy atom. The van der Waals surface area contributed by atoms with Gasteiger partial charge in [0.1, 0.15) is 12.7 Å². The van der Waals surface area contributed by atoms with Crippen LogP contribution in [-0.4, -0.2) is 39.0 Å². The lowest BCUT2D eigenvalue weighted by atomic mass is 10.2. The third-order valence-corrected chi connectivity index (χ3v) is 6.39. The van der Waals surface area contributed by atoms with Crippen molar-refractivity contribution in [3.05, 3.63) is 53.0 Å². The molecule has 1 atom stereocenters. The fraction of sp³-hybridized carbons (Fsp3) is 0.250. The van der Waals surface area contributed by atoms with Gasteiger partial charge in [-0.25, -0.2) is 8.42 Å². The molecule has 0 bridgehead atoms. The van der Waals surface area contributed by atoms with Gasteiger partial charge < -0.3 is 9.47 Å². The van der Waals surface area contributed by atoms with Crippen LogP contribution in [0.5, 0.6) is 11.5 Å². The number of halogens is 1. The molecule has 1 heterocycles. The van der Waals surface area contributed by atoms with E-state index in [0.29, 0.717) is 22.6 Å². The average Bonchev–Trinajstić information content (AvgIpc) is 2.55. The van der Waals surface area contributed by atoms with Crippen LogP contribution in [-0.2, 0) is 10.0 Å². The number of rotatable bonds is 4. The monoisotopic (exact) mass is 397 g/mol. The fourth-order valence-electron chi connectivity index (χ4n) is 2.36. The van der Waals surface area contributed by atoms with Gasteiger partial charge in [0.15, 0.2) is 11.5 Å². The lowest BCUT2D eigenvalue weighted by molar-refractivity contribution is 0.0798. The van der Waals surface area contributed by atoms with Gasteiger partial charge in [-0.15, -0.1) is 0 Å². The van der Waals surface area contributed by atoms with Gasteiger partial charge >= 0.3 is 0 Å². The number of fused-ring (bicyclic) bond motifs is 1. The first kappa shape index (κ1) is 16.3. The van der Waals surface area contributed by atoms with E-state index in [1.54, 1.807) is 31.3 Å². The maximum absolute atomic E-state index is 12.7. The maximum Gasteiger partial charge on any atom is 0.244 e. The van der Waals surface area contributed by atoms with E-state index >= 15 is 0 Å². The van der Waals surface area contributed by atoms with Gasteiger partial charge in [0.25, 0.3) is 0 Å². The molecule has 0 aromatic heterocycles. The number of likely N-dealkylation sites (N-methyl/N-ethyl adjacent to an activating group) is 1. The Bertz CT molecular complexity index is 809. The molecule has 2 aromatic carbocycles. The van der Waals surface area contributed by atoms with Crippen LogP contribution in [0.25, 0.3) is 0 Å². The fourth-order valence-corrected chi connectivity index (χ4v) is 4.52. The van der Waals surface area contributed by atoms with Crippen molar-refractivity contribution in [2.45, 2.75) is 11.0 Å². The Kier molecular flexibility index (Phi) is 4.61. The lowest BCUT2D eigenvalue weighted by Gasteiger charge is -2.29. The molecule has 0 saturated carbocycles. The highest BCUT2D eigenvalue weighted by Crippen LogP contribution is 2.31. The number of hydrogen-bond acceptors (Lipinski definition) is 4. The SMILES string of the molecule is CN(C[C@@H]1COc2ccccc2O1)S(=O)(=O)c1ccccc1Br. The molecule has 0 N–H and O–H groups in total. The molecule has 0 unspecified atom stereocenters. The van der Waals surface area contributed by atoms with E-state index in [9.17, 15) is 8.42 Å². The number of sulfonamides is 1. The summed E-state index contributed by atoms with van der Waals surface area (Å²) in [5, 5.41) is 0. The summed E-state index contributed by atoms with van der Waals surface area (Å²) in [6.45, 7) is 0.519. The predicted molar refractivity (Wildman–Crippen MR) is 90.3 cm³/mol. The second-order valence-corrected chi connectivity index (χ2v) is 8.08. The van der Waals surface area contributed by atoms with Gasteiger partial charge in [-0.05, 0) is 40.2 Å². The molecule has 23 heavy (non-hydrogen) atoms. The first-order chi connectivity index (χ1) is 11.0. The van der Waals surface area contributed by atoms with Gasteiger partial charge in [-0.3, -0.25) is 0 Å². The molecule has 122 valence electrons. The predicted octanol–water partition coefficient (Wildman–Crippen LogP) is 2.91. The number of nitrogens with zero attached hydrogens (tertiary/aromatic N) is 1. The largest absolute Gasteiger partial charge is 0.486 e. The van der Waals surface area contributed by atoms with E-state index in [2.05, 4.69) is 15.9 Å². The number of para-hydroxylation sites is 2. The average molecular weight is 398 g/mol. The third kappa shape index (κ3) is 3.36. The van der Waals surface area contributed by atoms with E-state index in [-0.39, 0.29) is 17.5 Å². The summed E-state index contributed by atoms with van der Waals surface area (Å²) in [5.74, 6) is 1.32. The molecule has 1 aliphatic rings. The maximum atomic E-state index is 12.7. The van der Waals surface area contributed by atoms with Crippen molar-refractivity contribution in [1.29, 1.82) is 0 Å². The summed E-state index contributed by atoms with van der Waals surface area (Å²) in [7, 11) is -2.06. The van der Waals surface area contributed by atoms with Gasteiger partial charge in [-0.1, -0.05) is 24.3 Å². The molecule has 7 heteroatoms. The van der Waals surface area contributed by atoms with E-state index in [0.717, 1.165) is 0 Å². The Morgan fingerprint density at radius 3 is 2.52 bits per heavy atom. The summed E-state index contributed by atoms with van der Waals surface area (Å²) in [4.78, 5) is 0.236. The van der Waals surface area contributed by atoms with Crippen LogP contribution < -0.4 is 9.47 Å². The van der Waals surface area contributed by atoms with E-state index in [4.69, 9.17) is 9.47 Å². The Morgan fingerprint density at radius 2 is 1.78 bits per heavy atom. The molecule has 0 fully saturated rings. The van der Waals surface area contributed by atoms with Crippen LogP contribution in [0.3, 0.4) is 0 Å². The second kappa shape index (κ2) is 6.51. The van der Waals surface area contributed by atoms with Crippen LogP contribution in [0.1, 0.15) is 0 Å². The number of benzene rings is 2. The van der Waals surface area contributed by atoms with Gasteiger partial charge in [0.2, 0.25) is 10.0 Å². The minimum atomic E-state index is -3.60. The van der Waals surface area contributed by atoms with Crippen LogP contribution in [0.15, 0.2) is 57.9 Å². The van der Waals surface area contributed by atoms with Gasteiger partial charge in [-0.2, -0.15) is 4.31 Å². The minimum Gasteiger partial charge on any atom is -0.486 e. The molecule has 2 aromatic rings. The quantitative estimate of drug-likeness (QED) is 0.795. The van der Waals surface area contributed by atoms with Crippen molar-refractivity contribution < 1.29 is 17.9 Å².